The smallest absolute Gasteiger partial charge is 0.323 e. The fourth-order valence-electron chi connectivity index (χ4n) is 4.53. The molecule has 5 heteroatoms. The highest BCUT2D eigenvalue weighted by Crippen LogP contribution is 2.55. The Kier molecular flexibility index (Phi) is 4.93. The summed E-state index contributed by atoms with van der Waals surface area (Å²) >= 11 is 0. The van der Waals surface area contributed by atoms with E-state index in [9.17, 15) is 9.59 Å². The molecular weight excluding hydrogens is 332 g/mol. The normalized spacial score (nSPS) is 30.2. The third kappa shape index (κ3) is 2.94. The quantitative estimate of drug-likeness (QED) is 0.468. The maximum absolute atomic E-state index is 12.4. The molecule has 2 aliphatic rings. The lowest BCUT2D eigenvalue weighted by atomic mass is 9.79. The van der Waals surface area contributed by atoms with Crippen LogP contribution < -0.4 is 0 Å². The largest absolute Gasteiger partial charge is 0.468 e. The summed E-state index contributed by atoms with van der Waals surface area (Å²) in [6, 6.07) is 10.1. The Balaban J connectivity index is 1.84. The molecule has 3 atom stereocenters. The highest BCUT2D eigenvalue weighted by molar-refractivity contribution is 6.01. The zero-order valence-electron chi connectivity index (χ0n) is 15.6. The van der Waals surface area contributed by atoms with Crippen LogP contribution in [0.25, 0.3) is 0 Å². The SMILES string of the molecule is C=C1CC(C(=O)OC)(C(=O)OC)C[C@@H]1[C@]1(C)CC[C@H](c2ccccc2)O1. The molecule has 0 N–H and O–H groups in total. The number of carbonyl (C=O) groups is 2. The van der Waals surface area contributed by atoms with Gasteiger partial charge in [-0.2, -0.15) is 0 Å². The van der Waals surface area contributed by atoms with Gasteiger partial charge in [-0.1, -0.05) is 42.5 Å². The molecule has 1 aliphatic carbocycles. The Bertz CT molecular complexity index is 694. The van der Waals surface area contributed by atoms with Gasteiger partial charge in [0.25, 0.3) is 0 Å². The predicted molar refractivity (Wildman–Crippen MR) is 96.2 cm³/mol. The first kappa shape index (κ1) is 18.6. The molecule has 3 rings (SSSR count). The van der Waals surface area contributed by atoms with Crippen LogP contribution in [-0.2, 0) is 23.8 Å². The van der Waals surface area contributed by atoms with Crippen molar-refractivity contribution in [1.29, 1.82) is 0 Å². The summed E-state index contributed by atoms with van der Waals surface area (Å²) in [5.74, 6) is -1.22. The number of esters is 2. The Labute approximate surface area is 154 Å². The van der Waals surface area contributed by atoms with E-state index in [0.717, 1.165) is 24.0 Å². The molecule has 5 nitrogen and oxygen atoms in total. The van der Waals surface area contributed by atoms with Crippen LogP contribution in [0, 0.1) is 11.3 Å². The molecule has 1 aliphatic heterocycles. The van der Waals surface area contributed by atoms with Gasteiger partial charge in [0.05, 0.1) is 25.9 Å². The van der Waals surface area contributed by atoms with Crippen molar-refractivity contribution in [1.82, 2.24) is 0 Å². The van der Waals surface area contributed by atoms with E-state index in [1.807, 2.05) is 18.2 Å². The zero-order valence-corrected chi connectivity index (χ0v) is 15.6. The van der Waals surface area contributed by atoms with Crippen LogP contribution >= 0.6 is 0 Å². The third-order valence-electron chi connectivity index (χ3n) is 5.95. The van der Waals surface area contributed by atoms with E-state index in [2.05, 4.69) is 25.6 Å². The highest BCUT2D eigenvalue weighted by Gasteiger charge is 2.59. The highest BCUT2D eigenvalue weighted by atomic mass is 16.5. The molecule has 1 aromatic rings. The van der Waals surface area contributed by atoms with Crippen molar-refractivity contribution >= 4 is 11.9 Å². The standard InChI is InChI=1S/C21H26O5/c1-14-12-21(18(22)24-3,19(23)25-4)13-16(14)20(2)11-10-17(26-20)15-8-6-5-7-9-15/h5-9,16-17H,1,10-13H2,2-4H3/t16-,17+,20-/m0/s1. The van der Waals surface area contributed by atoms with Crippen molar-refractivity contribution in [2.45, 2.75) is 44.3 Å². The van der Waals surface area contributed by atoms with Gasteiger partial charge in [0.15, 0.2) is 5.41 Å². The minimum absolute atomic E-state index is 0.0141. The monoisotopic (exact) mass is 358 g/mol. The molecule has 0 bridgehead atoms. The number of ether oxygens (including phenoxy) is 3. The van der Waals surface area contributed by atoms with Crippen molar-refractivity contribution in [3.05, 3.63) is 48.0 Å². The number of carbonyl (C=O) groups excluding carboxylic acids is 2. The summed E-state index contributed by atoms with van der Waals surface area (Å²) in [4.78, 5) is 24.9. The topological polar surface area (TPSA) is 61.8 Å². The maximum Gasteiger partial charge on any atom is 0.323 e. The van der Waals surface area contributed by atoms with Gasteiger partial charge in [0, 0.05) is 5.92 Å². The Morgan fingerprint density at radius 1 is 1.15 bits per heavy atom. The fraction of sp³-hybridized carbons (Fsp3) is 0.524. The van der Waals surface area contributed by atoms with Gasteiger partial charge in [0.2, 0.25) is 0 Å². The second-order valence-corrected chi connectivity index (χ2v) is 7.53. The molecular formula is C21H26O5. The second kappa shape index (κ2) is 6.88. The van der Waals surface area contributed by atoms with E-state index >= 15 is 0 Å². The number of methoxy groups -OCH3 is 2. The summed E-state index contributed by atoms with van der Waals surface area (Å²) in [7, 11) is 2.59. The van der Waals surface area contributed by atoms with Gasteiger partial charge in [-0.15, -0.1) is 0 Å². The first-order valence-electron chi connectivity index (χ1n) is 8.93. The predicted octanol–water partition coefficient (Wildman–Crippen LogP) is 3.60. The van der Waals surface area contributed by atoms with Crippen LogP contribution in [0.5, 0.6) is 0 Å². The van der Waals surface area contributed by atoms with Crippen LogP contribution in [0.15, 0.2) is 42.5 Å². The molecule has 140 valence electrons. The molecule has 2 fully saturated rings. The lowest BCUT2D eigenvalue weighted by Crippen LogP contribution is -2.41. The zero-order chi connectivity index (χ0) is 18.9. The minimum atomic E-state index is -1.32. The summed E-state index contributed by atoms with van der Waals surface area (Å²) in [6.45, 7) is 6.21. The van der Waals surface area contributed by atoms with Gasteiger partial charge in [-0.3, -0.25) is 9.59 Å². The number of hydrogen-bond acceptors (Lipinski definition) is 5. The average Bonchev–Trinajstić information content (AvgIpc) is 3.23. The van der Waals surface area contributed by atoms with Gasteiger partial charge >= 0.3 is 11.9 Å². The molecule has 1 heterocycles. The van der Waals surface area contributed by atoms with Gasteiger partial charge in [0.1, 0.15) is 0 Å². The minimum Gasteiger partial charge on any atom is -0.468 e. The number of hydrogen-bond donors (Lipinski definition) is 0. The van der Waals surface area contributed by atoms with Crippen molar-refractivity contribution in [3.8, 4) is 0 Å². The van der Waals surface area contributed by atoms with E-state index in [0.29, 0.717) is 6.42 Å². The van der Waals surface area contributed by atoms with Crippen molar-refractivity contribution in [2.75, 3.05) is 14.2 Å². The van der Waals surface area contributed by atoms with Crippen LogP contribution in [0.4, 0.5) is 0 Å². The lowest BCUT2D eigenvalue weighted by Gasteiger charge is -2.33. The van der Waals surface area contributed by atoms with Gasteiger partial charge in [-0.05, 0) is 38.2 Å². The van der Waals surface area contributed by atoms with Crippen molar-refractivity contribution in [2.24, 2.45) is 11.3 Å². The molecule has 26 heavy (non-hydrogen) atoms. The Morgan fingerprint density at radius 2 is 1.77 bits per heavy atom. The average molecular weight is 358 g/mol. The first-order chi connectivity index (χ1) is 12.4. The number of benzene rings is 1. The van der Waals surface area contributed by atoms with Crippen molar-refractivity contribution in [3.63, 3.8) is 0 Å². The lowest BCUT2D eigenvalue weighted by molar-refractivity contribution is -0.169. The molecule has 1 saturated carbocycles. The maximum atomic E-state index is 12.4. The van der Waals surface area contributed by atoms with E-state index in [1.165, 1.54) is 14.2 Å². The third-order valence-corrected chi connectivity index (χ3v) is 5.95. The Hall–Kier alpha value is -2.14. The summed E-state index contributed by atoms with van der Waals surface area (Å²) in [5, 5.41) is 0. The van der Waals surface area contributed by atoms with Crippen LogP contribution in [0.1, 0.15) is 44.3 Å². The molecule has 1 aromatic carbocycles. The Morgan fingerprint density at radius 3 is 2.35 bits per heavy atom. The fourth-order valence-corrected chi connectivity index (χ4v) is 4.53. The van der Waals surface area contributed by atoms with Crippen molar-refractivity contribution < 1.29 is 23.8 Å². The summed E-state index contributed by atoms with van der Waals surface area (Å²) in [5.41, 5.74) is 0.202. The molecule has 0 amide bonds. The van der Waals surface area contributed by atoms with Crippen LogP contribution in [0.2, 0.25) is 0 Å². The molecule has 1 saturated heterocycles. The van der Waals surface area contributed by atoms with Crippen LogP contribution in [-0.4, -0.2) is 31.8 Å². The summed E-state index contributed by atoms with van der Waals surface area (Å²) < 4.78 is 16.3. The van der Waals surface area contributed by atoms with E-state index in [-0.39, 0.29) is 18.4 Å². The van der Waals surface area contributed by atoms with Gasteiger partial charge in [-0.25, -0.2) is 0 Å². The molecule has 0 unspecified atom stereocenters. The first-order valence-corrected chi connectivity index (χ1v) is 8.93. The second-order valence-electron chi connectivity index (χ2n) is 7.53. The van der Waals surface area contributed by atoms with Crippen LogP contribution in [0.3, 0.4) is 0 Å². The number of rotatable bonds is 4. The van der Waals surface area contributed by atoms with E-state index in [4.69, 9.17) is 14.2 Å². The van der Waals surface area contributed by atoms with E-state index in [1.54, 1.807) is 0 Å². The molecule has 0 aromatic heterocycles. The van der Waals surface area contributed by atoms with Gasteiger partial charge < -0.3 is 14.2 Å². The molecule has 0 radical (unpaired) electrons. The van der Waals surface area contributed by atoms with E-state index < -0.39 is 23.0 Å². The summed E-state index contributed by atoms with van der Waals surface area (Å²) in [6.07, 6.45) is 2.30. The molecule has 0 spiro atoms.